The predicted molar refractivity (Wildman–Crippen MR) is 226 cm³/mol. The van der Waals surface area contributed by atoms with Crippen LogP contribution in [0.25, 0.3) is 0 Å². The summed E-state index contributed by atoms with van der Waals surface area (Å²) < 4.78 is 32.4. The Labute approximate surface area is 356 Å². The molecule has 2 fully saturated rings. The summed E-state index contributed by atoms with van der Waals surface area (Å²) in [7, 11) is 5.41. The van der Waals surface area contributed by atoms with Crippen LogP contribution in [0.1, 0.15) is 85.8 Å². The number of oxime groups is 1. The lowest BCUT2D eigenvalue weighted by molar-refractivity contribution is -0.301. The number of halogens is 1. The first-order valence-electron chi connectivity index (χ1n) is 20.8. The molecule has 4 rings (SSSR count). The van der Waals surface area contributed by atoms with Crippen LogP contribution < -0.4 is 0 Å². The lowest BCUT2D eigenvalue weighted by Gasteiger charge is -2.48. The molecule has 0 unspecified atom stereocenters. The van der Waals surface area contributed by atoms with Crippen molar-refractivity contribution in [2.45, 2.75) is 148 Å². The summed E-state index contributed by atoms with van der Waals surface area (Å²) in [6.07, 6.45) is 1.92. The average Bonchev–Trinajstić information content (AvgIpc) is 3.20. The van der Waals surface area contributed by atoms with E-state index in [1.54, 1.807) is 52.6 Å². The highest BCUT2D eigenvalue weighted by Crippen LogP contribution is 2.40. The monoisotopic (exact) mass is 845 g/mol. The molecule has 0 amide bonds. The lowest BCUT2D eigenvalue weighted by Crippen LogP contribution is -2.60. The Morgan fingerprint density at radius 3 is 2.41 bits per heavy atom. The summed E-state index contributed by atoms with van der Waals surface area (Å²) >= 11 is 6.44. The summed E-state index contributed by atoms with van der Waals surface area (Å²) in [6.45, 7) is 14.5. The van der Waals surface area contributed by atoms with Gasteiger partial charge in [0.25, 0.3) is 0 Å². The Morgan fingerprint density at radius 1 is 1.07 bits per heavy atom. The molecule has 1 aromatic carbocycles. The van der Waals surface area contributed by atoms with Gasteiger partial charge in [-0.15, -0.1) is 0 Å². The highest BCUT2D eigenvalue weighted by molar-refractivity contribution is 6.31. The van der Waals surface area contributed by atoms with Crippen LogP contribution in [0.4, 0.5) is 0 Å². The Kier molecular flexibility index (Phi) is 17.8. The Morgan fingerprint density at radius 2 is 1.78 bits per heavy atom. The molecule has 1 aromatic heterocycles. The summed E-state index contributed by atoms with van der Waals surface area (Å²) in [4.78, 5) is 26.4. The third-order valence-electron chi connectivity index (χ3n) is 12.3. The van der Waals surface area contributed by atoms with Crippen LogP contribution in [0.15, 0.2) is 66.3 Å². The number of hydrogen-bond acceptors (Lipinski definition) is 13. The van der Waals surface area contributed by atoms with Crippen LogP contribution in [0, 0.1) is 23.7 Å². The highest BCUT2D eigenvalue weighted by Gasteiger charge is 2.52. The van der Waals surface area contributed by atoms with Crippen molar-refractivity contribution in [2.75, 3.05) is 21.2 Å². The summed E-state index contributed by atoms with van der Waals surface area (Å²) in [5.41, 5.74) is -0.920. The molecule has 3 heterocycles. The summed E-state index contributed by atoms with van der Waals surface area (Å²) in [6, 6.07) is 10.8. The van der Waals surface area contributed by atoms with Crippen molar-refractivity contribution in [1.82, 2.24) is 9.88 Å². The standard InChI is InChI=1S/C45H68ClN3O10/c1-12-36-45(8,53)40(51)29(4)37(48-56-26-33-19-13-14-20-34(33)46)27(2)24-44(7,54-11)41(59-43-38(50)35(49(9)10)23-28(3)57-43)30(5)39(31(6)42(52)58-36)55-22-16-18-32-17-15-21-47-25-32/h13-17,19-22,25,27-31,35-36,38-41,43,50-51,53H,12,18,23-24,26H2,1-11H3/b22-16-,48-37+/t27-,28-,29+,30+,31-,35+,36-,38-,39+,40-,41-,43+,44-,45-/m1/s1. The molecule has 0 saturated carbocycles. The first-order valence-corrected chi connectivity index (χ1v) is 21.2. The fourth-order valence-electron chi connectivity index (χ4n) is 8.64. The van der Waals surface area contributed by atoms with Gasteiger partial charge in [0.1, 0.15) is 30.5 Å². The maximum absolute atomic E-state index is 14.3. The van der Waals surface area contributed by atoms with E-state index in [1.807, 2.05) is 83.1 Å². The van der Waals surface area contributed by atoms with Crippen molar-refractivity contribution in [2.24, 2.45) is 28.8 Å². The van der Waals surface area contributed by atoms with Crippen LogP contribution in [0.5, 0.6) is 0 Å². The third kappa shape index (κ3) is 12.0. The number of allylic oxidation sites excluding steroid dienone is 1. The van der Waals surface area contributed by atoms with Crippen molar-refractivity contribution in [3.05, 3.63) is 77.3 Å². The molecule has 2 aliphatic heterocycles. The van der Waals surface area contributed by atoms with E-state index in [-0.39, 0.29) is 31.6 Å². The van der Waals surface area contributed by atoms with Gasteiger partial charge >= 0.3 is 5.97 Å². The number of carbonyl (C=O) groups is 1. The Hall–Kier alpha value is -3.14. The van der Waals surface area contributed by atoms with Crippen LogP contribution >= 0.6 is 11.6 Å². The lowest BCUT2D eigenvalue weighted by atomic mass is 9.73. The first kappa shape index (κ1) is 48.5. The van der Waals surface area contributed by atoms with Crippen LogP contribution in [0.3, 0.4) is 0 Å². The van der Waals surface area contributed by atoms with Crippen LogP contribution in [0.2, 0.25) is 5.02 Å². The van der Waals surface area contributed by atoms with Crippen molar-refractivity contribution >= 4 is 23.3 Å². The van der Waals surface area contributed by atoms with E-state index in [2.05, 4.69) is 10.1 Å². The van der Waals surface area contributed by atoms with Crippen LogP contribution in [-0.4, -0.2) is 118 Å². The number of rotatable bonds is 12. The van der Waals surface area contributed by atoms with Gasteiger partial charge in [-0.3, -0.25) is 9.78 Å². The second-order valence-corrected chi connectivity index (χ2v) is 17.5. The normalized spacial score (nSPS) is 37.3. The summed E-state index contributed by atoms with van der Waals surface area (Å²) in [5, 5.41) is 40.9. The number of cyclic esters (lactones) is 1. The van der Waals surface area contributed by atoms with Crippen molar-refractivity contribution < 1.29 is 48.6 Å². The topological polar surface area (TPSA) is 162 Å². The highest BCUT2D eigenvalue weighted by atomic mass is 35.5. The Balaban J connectivity index is 1.85. The van der Waals surface area contributed by atoms with Gasteiger partial charge in [0.15, 0.2) is 6.29 Å². The average molecular weight is 847 g/mol. The van der Waals surface area contributed by atoms with Gasteiger partial charge in [-0.25, -0.2) is 0 Å². The van der Waals surface area contributed by atoms with Gasteiger partial charge in [0.05, 0.1) is 41.8 Å². The number of methoxy groups -OCH3 is 1. The molecule has 59 heavy (non-hydrogen) atoms. The molecular weight excluding hydrogens is 778 g/mol. The molecule has 330 valence electrons. The number of aliphatic hydroxyl groups is 3. The maximum Gasteiger partial charge on any atom is 0.312 e. The third-order valence-corrected chi connectivity index (χ3v) is 12.6. The van der Waals surface area contributed by atoms with E-state index in [9.17, 15) is 20.1 Å². The zero-order valence-corrected chi connectivity index (χ0v) is 37.4. The molecule has 14 atom stereocenters. The number of aliphatic hydroxyl groups excluding tert-OH is 2. The van der Waals surface area contributed by atoms with Crippen LogP contribution in [-0.2, 0) is 46.3 Å². The predicted octanol–water partition coefficient (Wildman–Crippen LogP) is 6.35. The number of benzene rings is 1. The fourth-order valence-corrected chi connectivity index (χ4v) is 8.83. The largest absolute Gasteiger partial charge is 0.497 e. The van der Waals surface area contributed by atoms with Gasteiger partial charge < -0.3 is 48.7 Å². The van der Waals surface area contributed by atoms with Crippen molar-refractivity contribution in [1.29, 1.82) is 0 Å². The number of likely N-dealkylation sites (N-methyl/N-ethyl adjacent to an activating group) is 1. The minimum Gasteiger partial charge on any atom is -0.497 e. The minimum absolute atomic E-state index is 0.0575. The molecule has 13 nitrogen and oxygen atoms in total. The number of nitrogens with zero attached hydrogens (tertiary/aromatic N) is 3. The number of pyridine rings is 1. The van der Waals surface area contributed by atoms with E-state index in [0.29, 0.717) is 23.6 Å². The van der Waals surface area contributed by atoms with Gasteiger partial charge in [-0.1, -0.05) is 68.7 Å². The van der Waals surface area contributed by atoms with Gasteiger partial charge in [-0.05, 0) is 91.2 Å². The van der Waals surface area contributed by atoms with Gasteiger partial charge in [-0.2, -0.15) is 0 Å². The second kappa shape index (κ2) is 21.6. The molecule has 2 aliphatic rings. The van der Waals surface area contributed by atoms with E-state index in [4.69, 9.17) is 40.1 Å². The number of esters is 1. The molecule has 14 heteroatoms. The molecular formula is C45H68ClN3O10. The van der Waals surface area contributed by atoms with E-state index < -0.39 is 77.7 Å². The zero-order valence-electron chi connectivity index (χ0n) is 36.7. The second-order valence-electron chi connectivity index (χ2n) is 17.1. The molecule has 2 saturated heterocycles. The quantitative estimate of drug-likeness (QED) is 0.124. The Bertz CT molecular complexity index is 1680. The van der Waals surface area contributed by atoms with E-state index in [0.717, 1.165) is 11.1 Å². The van der Waals surface area contributed by atoms with Gasteiger partial charge in [0, 0.05) is 53.9 Å². The van der Waals surface area contributed by atoms with Crippen molar-refractivity contribution in [3.63, 3.8) is 0 Å². The number of carbonyl (C=O) groups excluding carboxylic acids is 1. The zero-order chi connectivity index (χ0) is 43.7. The number of aromatic nitrogens is 1. The SMILES string of the molecule is CC[C@H]1OC(=O)[C@H](C)[C@@H](O/C=C\Cc2cccnc2)[C@H](C)[C@@H](O[C@@H]2O[C@H](C)C[C@H](N(C)C)[C@H]2O)[C@](C)(OC)C[C@@H](C)/C(=N\OCc2ccccc2Cl)[C@H](C)[C@@H](O)[C@]1(C)O. The van der Waals surface area contributed by atoms with E-state index >= 15 is 0 Å². The fraction of sp³-hybridized carbons (Fsp3) is 0.667. The molecule has 0 radical (unpaired) electrons. The smallest absolute Gasteiger partial charge is 0.312 e. The molecule has 0 spiro atoms. The minimum atomic E-state index is -1.90. The maximum atomic E-state index is 14.3. The molecule has 2 aromatic rings. The number of hydrogen-bond donors (Lipinski definition) is 3. The summed E-state index contributed by atoms with van der Waals surface area (Å²) in [5.74, 6) is -3.38. The first-order chi connectivity index (χ1) is 27.9. The molecule has 3 N–H and O–H groups in total. The molecule has 0 bridgehead atoms. The van der Waals surface area contributed by atoms with Crippen molar-refractivity contribution in [3.8, 4) is 0 Å². The van der Waals surface area contributed by atoms with Gasteiger partial charge in [0.2, 0.25) is 0 Å². The number of ether oxygens (including phenoxy) is 5. The molecule has 0 aliphatic carbocycles. The van der Waals surface area contributed by atoms with E-state index in [1.165, 1.54) is 6.92 Å².